The lowest BCUT2D eigenvalue weighted by atomic mass is 9.99. The maximum absolute atomic E-state index is 13.9. The molecular weight excluding hydrogens is 229 g/mol. The van der Waals surface area contributed by atoms with Crippen LogP contribution in [-0.2, 0) is 13.5 Å². The van der Waals surface area contributed by atoms with Crippen LogP contribution in [0.15, 0.2) is 30.5 Å². The highest BCUT2D eigenvalue weighted by Crippen LogP contribution is 2.21. The van der Waals surface area contributed by atoms with Crippen molar-refractivity contribution >= 4 is 0 Å². The van der Waals surface area contributed by atoms with Gasteiger partial charge in [-0.15, -0.1) is 0 Å². The standard InChI is InChI=1S/C14H18FN3/c1-10-4-3-5-12(14(10)15)13(16)7-6-11-8-9-17-18(11)2/h3-5,8-9,13H,6-7,16H2,1-2H3. The number of nitrogens with two attached hydrogens (primary N) is 1. The van der Waals surface area contributed by atoms with Gasteiger partial charge < -0.3 is 5.73 Å². The van der Waals surface area contributed by atoms with Crippen molar-refractivity contribution in [1.82, 2.24) is 9.78 Å². The summed E-state index contributed by atoms with van der Waals surface area (Å²) in [6, 6.07) is 7.04. The summed E-state index contributed by atoms with van der Waals surface area (Å²) in [6.07, 6.45) is 3.26. The van der Waals surface area contributed by atoms with Crippen molar-refractivity contribution in [3.63, 3.8) is 0 Å². The summed E-state index contributed by atoms with van der Waals surface area (Å²) < 4.78 is 15.7. The van der Waals surface area contributed by atoms with Crippen LogP contribution >= 0.6 is 0 Å². The van der Waals surface area contributed by atoms with Crippen LogP contribution in [0.25, 0.3) is 0 Å². The van der Waals surface area contributed by atoms with E-state index in [0.29, 0.717) is 17.5 Å². The van der Waals surface area contributed by atoms with E-state index in [0.717, 1.165) is 12.1 Å². The molecule has 2 N–H and O–H groups in total. The van der Waals surface area contributed by atoms with E-state index >= 15 is 0 Å². The van der Waals surface area contributed by atoms with E-state index in [1.807, 2.05) is 23.9 Å². The van der Waals surface area contributed by atoms with Crippen molar-refractivity contribution < 1.29 is 4.39 Å². The van der Waals surface area contributed by atoms with Crippen molar-refractivity contribution in [2.24, 2.45) is 12.8 Å². The zero-order chi connectivity index (χ0) is 13.1. The van der Waals surface area contributed by atoms with E-state index < -0.39 is 0 Å². The second kappa shape index (κ2) is 5.31. The Balaban J connectivity index is 2.06. The molecule has 0 amide bonds. The fraction of sp³-hybridized carbons (Fsp3) is 0.357. The number of hydrogen-bond acceptors (Lipinski definition) is 2. The lowest BCUT2D eigenvalue weighted by Crippen LogP contribution is -2.14. The van der Waals surface area contributed by atoms with Gasteiger partial charge in [0.15, 0.2) is 0 Å². The first-order valence-corrected chi connectivity index (χ1v) is 6.07. The molecule has 96 valence electrons. The van der Waals surface area contributed by atoms with Crippen LogP contribution in [0.2, 0.25) is 0 Å². The Morgan fingerprint density at radius 2 is 2.17 bits per heavy atom. The van der Waals surface area contributed by atoms with Gasteiger partial charge in [0.05, 0.1) is 0 Å². The average molecular weight is 247 g/mol. The third kappa shape index (κ3) is 2.59. The lowest BCUT2D eigenvalue weighted by molar-refractivity contribution is 0.550. The SMILES string of the molecule is Cc1cccc(C(N)CCc2ccnn2C)c1F. The second-order valence-corrected chi connectivity index (χ2v) is 4.57. The van der Waals surface area contributed by atoms with Gasteiger partial charge in [0, 0.05) is 30.5 Å². The largest absolute Gasteiger partial charge is 0.324 e. The summed E-state index contributed by atoms with van der Waals surface area (Å²) >= 11 is 0. The first kappa shape index (κ1) is 12.8. The van der Waals surface area contributed by atoms with Crippen LogP contribution in [0.4, 0.5) is 4.39 Å². The summed E-state index contributed by atoms with van der Waals surface area (Å²) in [5.74, 6) is -0.185. The molecule has 18 heavy (non-hydrogen) atoms. The van der Waals surface area contributed by atoms with Crippen LogP contribution in [0.3, 0.4) is 0 Å². The van der Waals surface area contributed by atoms with Crippen LogP contribution in [0, 0.1) is 12.7 Å². The smallest absolute Gasteiger partial charge is 0.130 e. The Hall–Kier alpha value is -1.68. The van der Waals surface area contributed by atoms with E-state index in [2.05, 4.69) is 5.10 Å². The van der Waals surface area contributed by atoms with Crippen molar-refractivity contribution in [2.45, 2.75) is 25.8 Å². The molecule has 0 aliphatic carbocycles. The lowest BCUT2D eigenvalue weighted by Gasteiger charge is -2.14. The van der Waals surface area contributed by atoms with Crippen LogP contribution in [-0.4, -0.2) is 9.78 Å². The van der Waals surface area contributed by atoms with Gasteiger partial charge in [-0.1, -0.05) is 18.2 Å². The molecule has 2 aromatic rings. The fourth-order valence-corrected chi connectivity index (χ4v) is 2.06. The Labute approximate surface area is 106 Å². The molecular formula is C14H18FN3. The minimum atomic E-state index is -0.278. The highest BCUT2D eigenvalue weighted by Gasteiger charge is 2.13. The zero-order valence-electron chi connectivity index (χ0n) is 10.7. The van der Waals surface area contributed by atoms with Gasteiger partial charge >= 0.3 is 0 Å². The monoisotopic (exact) mass is 247 g/mol. The minimum Gasteiger partial charge on any atom is -0.324 e. The number of halogens is 1. The highest BCUT2D eigenvalue weighted by molar-refractivity contribution is 5.27. The quantitative estimate of drug-likeness (QED) is 0.902. The molecule has 0 aliphatic rings. The number of hydrogen-bond donors (Lipinski definition) is 1. The van der Waals surface area contributed by atoms with E-state index in [1.54, 1.807) is 25.3 Å². The Morgan fingerprint density at radius 3 is 2.83 bits per heavy atom. The highest BCUT2D eigenvalue weighted by atomic mass is 19.1. The van der Waals surface area contributed by atoms with Crippen LogP contribution in [0.1, 0.15) is 29.3 Å². The van der Waals surface area contributed by atoms with E-state index in [9.17, 15) is 4.39 Å². The van der Waals surface area contributed by atoms with Gasteiger partial charge in [0.25, 0.3) is 0 Å². The number of benzene rings is 1. The van der Waals surface area contributed by atoms with Gasteiger partial charge in [-0.2, -0.15) is 5.10 Å². The maximum Gasteiger partial charge on any atom is 0.130 e. The maximum atomic E-state index is 13.9. The average Bonchev–Trinajstić information content (AvgIpc) is 2.75. The van der Waals surface area contributed by atoms with Gasteiger partial charge in [0.1, 0.15) is 5.82 Å². The molecule has 1 aromatic carbocycles. The molecule has 3 nitrogen and oxygen atoms in total. The van der Waals surface area contributed by atoms with Crippen LogP contribution in [0.5, 0.6) is 0 Å². The van der Waals surface area contributed by atoms with Gasteiger partial charge in [0.2, 0.25) is 0 Å². The molecule has 0 saturated carbocycles. The molecule has 1 heterocycles. The fourth-order valence-electron chi connectivity index (χ4n) is 2.06. The van der Waals surface area contributed by atoms with E-state index in [4.69, 9.17) is 5.73 Å². The molecule has 0 spiro atoms. The van der Waals surface area contributed by atoms with Gasteiger partial charge in [-0.25, -0.2) is 4.39 Å². The Bertz CT molecular complexity index is 534. The number of nitrogens with zero attached hydrogens (tertiary/aromatic N) is 2. The first-order valence-electron chi connectivity index (χ1n) is 6.07. The predicted octanol–water partition coefficient (Wildman–Crippen LogP) is 2.50. The summed E-state index contributed by atoms with van der Waals surface area (Å²) in [6.45, 7) is 1.76. The summed E-state index contributed by atoms with van der Waals surface area (Å²) in [7, 11) is 1.90. The van der Waals surface area contributed by atoms with Crippen molar-refractivity contribution in [3.05, 3.63) is 53.1 Å². The normalized spacial score (nSPS) is 12.7. The number of aryl methyl sites for hydroxylation is 3. The van der Waals surface area contributed by atoms with Crippen LogP contribution < -0.4 is 5.73 Å². The van der Waals surface area contributed by atoms with Gasteiger partial charge in [-0.05, 0) is 31.4 Å². The molecule has 1 unspecified atom stereocenters. The van der Waals surface area contributed by atoms with Crippen molar-refractivity contribution in [2.75, 3.05) is 0 Å². The third-order valence-electron chi connectivity index (χ3n) is 3.26. The minimum absolute atomic E-state index is 0.185. The molecule has 4 heteroatoms. The molecule has 0 aliphatic heterocycles. The number of aromatic nitrogens is 2. The summed E-state index contributed by atoms with van der Waals surface area (Å²) in [5.41, 5.74) is 8.41. The molecule has 0 bridgehead atoms. The third-order valence-corrected chi connectivity index (χ3v) is 3.26. The summed E-state index contributed by atoms with van der Waals surface area (Å²) in [4.78, 5) is 0. The van der Waals surface area contributed by atoms with E-state index in [-0.39, 0.29) is 11.9 Å². The summed E-state index contributed by atoms with van der Waals surface area (Å²) in [5, 5.41) is 4.10. The molecule has 1 aromatic heterocycles. The first-order chi connectivity index (χ1) is 8.59. The van der Waals surface area contributed by atoms with Gasteiger partial charge in [-0.3, -0.25) is 4.68 Å². The zero-order valence-corrected chi connectivity index (χ0v) is 10.7. The molecule has 2 rings (SSSR count). The topological polar surface area (TPSA) is 43.8 Å². The predicted molar refractivity (Wildman–Crippen MR) is 69.6 cm³/mol. The van der Waals surface area contributed by atoms with Crippen molar-refractivity contribution in [1.29, 1.82) is 0 Å². The molecule has 0 fully saturated rings. The van der Waals surface area contributed by atoms with E-state index in [1.165, 1.54) is 0 Å². The molecule has 0 saturated heterocycles. The number of rotatable bonds is 4. The van der Waals surface area contributed by atoms with Crippen molar-refractivity contribution in [3.8, 4) is 0 Å². The Kier molecular flexibility index (Phi) is 3.77. The Morgan fingerprint density at radius 1 is 1.39 bits per heavy atom. The molecule has 1 atom stereocenters. The molecule has 0 radical (unpaired) electrons. The second-order valence-electron chi connectivity index (χ2n) is 4.57.